The zero-order chi connectivity index (χ0) is 10.8. The third-order valence-electron chi connectivity index (χ3n) is 3.14. The van der Waals surface area contributed by atoms with Crippen LogP contribution in [0.2, 0.25) is 5.02 Å². The highest BCUT2D eigenvalue weighted by Gasteiger charge is 2.29. The van der Waals surface area contributed by atoms with Gasteiger partial charge in [0.05, 0.1) is 0 Å². The lowest BCUT2D eigenvalue weighted by Crippen LogP contribution is -2.33. The first-order chi connectivity index (χ1) is 7.18. The van der Waals surface area contributed by atoms with Crippen LogP contribution in [-0.2, 0) is 0 Å². The molecule has 1 aliphatic heterocycles. The van der Waals surface area contributed by atoms with Crippen molar-refractivity contribution in [3.63, 3.8) is 0 Å². The maximum absolute atomic E-state index is 5.89. The number of hydrogen-bond acceptors (Lipinski definition) is 2. The van der Waals surface area contributed by atoms with E-state index in [2.05, 4.69) is 36.4 Å². The second-order valence-electron chi connectivity index (χ2n) is 4.35. The first-order valence-electron chi connectivity index (χ1n) is 5.31. The maximum Gasteiger partial charge on any atom is 0.0406 e. The summed E-state index contributed by atoms with van der Waals surface area (Å²) in [5.74, 6) is 0.581. The number of likely N-dealkylation sites (N-methyl/N-ethyl adjacent to an activating group) is 1. The van der Waals surface area contributed by atoms with Gasteiger partial charge in [-0.15, -0.1) is 0 Å². The molecule has 82 valence electrons. The Hall–Kier alpha value is -0.570. The summed E-state index contributed by atoms with van der Waals surface area (Å²) in [6.45, 7) is 2.13. The van der Waals surface area contributed by atoms with Gasteiger partial charge in [-0.05, 0) is 31.8 Å². The molecule has 0 spiro atoms. The van der Waals surface area contributed by atoms with Crippen LogP contribution in [0.5, 0.6) is 0 Å². The topological polar surface area (TPSA) is 15.3 Å². The molecule has 2 unspecified atom stereocenters. The summed E-state index contributed by atoms with van der Waals surface area (Å²) in [6.07, 6.45) is 0. The van der Waals surface area contributed by atoms with Gasteiger partial charge in [-0.2, -0.15) is 0 Å². The summed E-state index contributed by atoms with van der Waals surface area (Å²) in [5, 5.41) is 4.25. The number of hydrogen-bond donors (Lipinski definition) is 1. The van der Waals surface area contributed by atoms with Crippen molar-refractivity contribution in [2.24, 2.45) is 0 Å². The van der Waals surface area contributed by atoms with Crippen LogP contribution in [0, 0.1) is 0 Å². The molecule has 2 rings (SSSR count). The number of benzene rings is 1. The van der Waals surface area contributed by atoms with Gasteiger partial charge in [-0.1, -0.05) is 23.7 Å². The normalized spacial score (nSPS) is 26.1. The number of rotatable bonds is 2. The molecule has 1 aliphatic rings. The average molecular weight is 225 g/mol. The van der Waals surface area contributed by atoms with E-state index >= 15 is 0 Å². The van der Waals surface area contributed by atoms with Crippen molar-refractivity contribution >= 4 is 11.6 Å². The highest BCUT2D eigenvalue weighted by atomic mass is 35.5. The molecule has 1 heterocycles. The molecule has 0 amide bonds. The minimum atomic E-state index is 0.581. The molecule has 3 heteroatoms. The highest BCUT2D eigenvalue weighted by molar-refractivity contribution is 6.30. The lowest BCUT2D eigenvalue weighted by Gasteiger charge is -2.25. The first kappa shape index (κ1) is 10.9. The second kappa shape index (κ2) is 4.52. The predicted molar refractivity (Wildman–Crippen MR) is 64.5 cm³/mol. The lowest BCUT2D eigenvalue weighted by atomic mass is 9.94. The molecule has 15 heavy (non-hydrogen) atoms. The van der Waals surface area contributed by atoms with Gasteiger partial charge in [-0.25, -0.2) is 0 Å². The lowest BCUT2D eigenvalue weighted by molar-refractivity contribution is 0.291. The number of nitrogens with zero attached hydrogens (tertiary/aromatic N) is 1. The van der Waals surface area contributed by atoms with E-state index in [9.17, 15) is 0 Å². The summed E-state index contributed by atoms with van der Waals surface area (Å²) in [6, 6.07) is 8.81. The SMILES string of the molecule is CN(C)C1CNCC1c1ccc(Cl)cc1. The minimum absolute atomic E-state index is 0.581. The van der Waals surface area contributed by atoms with Crippen LogP contribution in [-0.4, -0.2) is 38.1 Å². The van der Waals surface area contributed by atoms with E-state index in [0.29, 0.717) is 12.0 Å². The summed E-state index contributed by atoms with van der Waals surface area (Å²) in [5.41, 5.74) is 1.38. The van der Waals surface area contributed by atoms with Gasteiger partial charge in [0.25, 0.3) is 0 Å². The third kappa shape index (κ3) is 2.33. The van der Waals surface area contributed by atoms with Crippen LogP contribution in [0.3, 0.4) is 0 Å². The van der Waals surface area contributed by atoms with Crippen LogP contribution >= 0.6 is 11.6 Å². The smallest absolute Gasteiger partial charge is 0.0406 e. The summed E-state index contributed by atoms with van der Waals surface area (Å²) in [7, 11) is 4.28. The molecular weight excluding hydrogens is 208 g/mol. The monoisotopic (exact) mass is 224 g/mol. The van der Waals surface area contributed by atoms with Crippen LogP contribution < -0.4 is 5.32 Å². The van der Waals surface area contributed by atoms with Gasteiger partial charge in [-0.3, -0.25) is 0 Å². The molecule has 1 aromatic carbocycles. The molecule has 0 bridgehead atoms. The predicted octanol–water partition coefficient (Wildman–Crippen LogP) is 1.96. The first-order valence-corrected chi connectivity index (χ1v) is 5.69. The fraction of sp³-hybridized carbons (Fsp3) is 0.500. The molecule has 0 aliphatic carbocycles. The number of nitrogens with one attached hydrogen (secondary N) is 1. The van der Waals surface area contributed by atoms with Crippen molar-refractivity contribution in [3.05, 3.63) is 34.9 Å². The molecular formula is C12H17ClN2. The van der Waals surface area contributed by atoms with Crippen LogP contribution in [0.1, 0.15) is 11.5 Å². The largest absolute Gasteiger partial charge is 0.314 e. The minimum Gasteiger partial charge on any atom is -0.314 e. The Kier molecular flexibility index (Phi) is 3.29. The van der Waals surface area contributed by atoms with Gasteiger partial charge in [0, 0.05) is 30.1 Å². The van der Waals surface area contributed by atoms with E-state index < -0.39 is 0 Å². The molecule has 1 saturated heterocycles. The van der Waals surface area contributed by atoms with Gasteiger partial charge < -0.3 is 10.2 Å². The zero-order valence-corrected chi connectivity index (χ0v) is 9.96. The van der Waals surface area contributed by atoms with Crippen LogP contribution in [0.25, 0.3) is 0 Å². The highest BCUT2D eigenvalue weighted by Crippen LogP contribution is 2.26. The van der Waals surface area contributed by atoms with Crippen molar-refractivity contribution < 1.29 is 0 Å². The maximum atomic E-state index is 5.89. The van der Waals surface area contributed by atoms with Crippen molar-refractivity contribution in [1.29, 1.82) is 0 Å². The third-order valence-corrected chi connectivity index (χ3v) is 3.40. The summed E-state index contributed by atoms with van der Waals surface area (Å²) in [4.78, 5) is 2.29. The van der Waals surface area contributed by atoms with Crippen molar-refractivity contribution in [2.45, 2.75) is 12.0 Å². The van der Waals surface area contributed by atoms with E-state index in [4.69, 9.17) is 11.6 Å². The molecule has 1 N–H and O–H groups in total. The zero-order valence-electron chi connectivity index (χ0n) is 9.20. The molecule has 1 fully saturated rings. The Balaban J connectivity index is 2.19. The van der Waals surface area contributed by atoms with Crippen molar-refractivity contribution in [3.8, 4) is 0 Å². The van der Waals surface area contributed by atoms with E-state index in [-0.39, 0.29) is 0 Å². The van der Waals surface area contributed by atoms with Gasteiger partial charge in [0.15, 0.2) is 0 Å². The van der Waals surface area contributed by atoms with Crippen molar-refractivity contribution in [1.82, 2.24) is 10.2 Å². The van der Waals surface area contributed by atoms with Gasteiger partial charge >= 0.3 is 0 Å². The fourth-order valence-corrected chi connectivity index (χ4v) is 2.38. The Morgan fingerprint density at radius 2 is 1.87 bits per heavy atom. The Morgan fingerprint density at radius 1 is 1.20 bits per heavy atom. The molecule has 0 aromatic heterocycles. The molecule has 2 atom stereocenters. The molecule has 1 aromatic rings. The Bertz CT molecular complexity index is 321. The van der Waals surface area contributed by atoms with E-state index in [1.807, 2.05) is 12.1 Å². The van der Waals surface area contributed by atoms with E-state index in [0.717, 1.165) is 18.1 Å². The molecule has 0 saturated carbocycles. The second-order valence-corrected chi connectivity index (χ2v) is 4.78. The fourth-order valence-electron chi connectivity index (χ4n) is 2.26. The Morgan fingerprint density at radius 3 is 2.47 bits per heavy atom. The quantitative estimate of drug-likeness (QED) is 0.826. The van der Waals surface area contributed by atoms with Gasteiger partial charge in [0.2, 0.25) is 0 Å². The van der Waals surface area contributed by atoms with Crippen molar-refractivity contribution in [2.75, 3.05) is 27.2 Å². The number of halogens is 1. The van der Waals surface area contributed by atoms with E-state index in [1.165, 1.54) is 5.56 Å². The summed E-state index contributed by atoms with van der Waals surface area (Å²) >= 11 is 5.89. The summed E-state index contributed by atoms with van der Waals surface area (Å²) < 4.78 is 0. The molecule has 0 radical (unpaired) electrons. The van der Waals surface area contributed by atoms with Gasteiger partial charge in [0.1, 0.15) is 0 Å². The standard InChI is InChI=1S/C12H17ClN2/c1-15(2)12-8-14-7-11(12)9-3-5-10(13)6-4-9/h3-6,11-12,14H,7-8H2,1-2H3. The van der Waals surface area contributed by atoms with E-state index in [1.54, 1.807) is 0 Å². The van der Waals surface area contributed by atoms with Crippen LogP contribution in [0.15, 0.2) is 24.3 Å². The Labute approximate surface area is 96.2 Å². The van der Waals surface area contributed by atoms with Crippen LogP contribution in [0.4, 0.5) is 0 Å². The average Bonchev–Trinajstić information content (AvgIpc) is 2.67. The molecule has 2 nitrogen and oxygen atoms in total.